The van der Waals surface area contributed by atoms with E-state index in [0.29, 0.717) is 5.92 Å². The van der Waals surface area contributed by atoms with Crippen molar-refractivity contribution in [2.24, 2.45) is 7.05 Å². The van der Waals surface area contributed by atoms with Crippen molar-refractivity contribution < 1.29 is 0 Å². The Morgan fingerprint density at radius 1 is 1.43 bits per heavy atom. The van der Waals surface area contributed by atoms with Crippen LogP contribution in [0.4, 0.5) is 5.69 Å². The van der Waals surface area contributed by atoms with E-state index in [0.717, 1.165) is 11.2 Å². The van der Waals surface area contributed by atoms with Crippen LogP contribution in [0.2, 0.25) is 0 Å². The van der Waals surface area contributed by atoms with Crippen molar-refractivity contribution >= 4 is 16.6 Å². The molecule has 1 saturated carbocycles. The Morgan fingerprint density at radius 3 is 2.93 bits per heavy atom. The van der Waals surface area contributed by atoms with E-state index in [-0.39, 0.29) is 0 Å². The molecular weight excluding hydrogens is 174 g/mol. The summed E-state index contributed by atoms with van der Waals surface area (Å²) in [5, 5.41) is 5.71. The van der Waals surface area contributed by atoms with Gasteiger partial charge in [-0.2, -0.15) is 5.10 Å². The topological polar surface area (TPSA) is 43.8 Å². The molecule has 2 aromatic rings. The van der Waals surface area contributed by atoms with Crippen molar-refractivity contribution in [2.75, 3.05) is 5.73 Å². The van der Waals surface area contributed by atoms with Crippen LogP contribution in [-0.4, -0.2) is 9.78 Å². The molecule has 1 heterocycles. The maximum Gasteiger partial charge on any atom is 0.0927 e. The Balaban J connectivity index is 2.34. The quantitative estimate of drug-likeness (QED) is 0.694. The molecule has 1 aliphatic rings. The van der Waals surface area contributed by atoms with Crippen molar-refractivity contribution in [3.63, 3.8) is 0 Å². The van der Waals surface area contributed by atoms with Crippen LogP contribution >= 0.6 is 0 Å². The first kappa shape index (κ1) is 7.85. The Labute approximate surface area is 82.5 Å². The molecule has 0 unspecified atom stereocenters. The minimum Gasteiger partial charge on any atom is -0.399 e. The van der Waals surface area contributed by atoms with Gasteiger partial charge in [-0.1, -0.05) is 0 Å². The fraction of sp³-hybridized carbons (Fsp3) is 0.364. The van der Waals surface area contributed by atoms with Gasteiger partial charge in [0.15, 0.2) is 0 Å². The second-order valence-corrected chi connectivity index (χ2v) is 4.06. The molecule has 1 aliphatic carbocycles. The largest absolute Gasteiger partial charge is 0.399 e. The molecular formula is C11H13N3. The van der Waals surface area contributed by atoms with Gasteiger partial charge in [-0.25, -0.2) is 0 Å². The number of rotatable bonds is 1. The van der Waals surface area contributed by atoms with Crippen LogP contribution in [0.25, 0.3) is 10.9 Å². The monoisotopic (exact) mass is 187 g/mol. The lowest BCUT2D eigenvalue weighted by atomic mass is 10.1. The van der Waals surface area contributed by atoms with Gasteiger partial charge in [-0.05, 0) is 31.0 Å². The standard InChI is InChI=1S/C11H13N3/c1-14-11(7-2-3-7)9-6-8(12)4-5-10(9)13-14/h4-7H,2-3,12H2,1H3. The average Bonchev–Trinajstić information content (AvgIpc) is 2.90. The van der Waals surface area contributed by atoms with Crippen LogP contribution in [0.3, 0.4) is 0 Å². The first-order chi connectivity index (χ1) is 6.75. The molecule has 0 amide bonds. The van der Waals surface area contributed by atoms with E-state index in [9.17, 15) is 0 Å². The van der Waals surface area contributed by atoms with E-state index < -0.39 is 0 Å². The summed E-state index contributed by atoms with van der Waals surface area (Å²) in [6.45, 7) is 0. The highest BCUT2D eigenvalue weighted by atomic mass is 15.3. The zero-order valence-electron chi connectivity index (χ0n) is 8.20. The third-order valence-corrected chi connectivity index (χ3v) is 2.87. The summed E-state index contributed by atoms with van der Waals surface area (Å²) in [5.74, 6) is 0.715. The molecule has 1 aromatic carbocycles. The van der Waals surface area contributed by atoms with Crippen molar-refractivity contribution in [1.82, 2.24) is 9.78 Å². The summed E-state index contributed by atoms with van der Waals surface area (Å²) < 4.78 is 2.00. The number of fused-ring (bicyclic) bond motifs is 1. The predicted molar refractivity (Wildman–Crippen MR) is 57.1 cm³/mol. The molecule has 0 radical (unpaired) electrons. The number of nitrogens with two attached hydrogens (primary N) is 1. The highest BCUT2D eigenvalue weighted by Crippen LogP contribution is 2.43. The summed E-state index contributed by atoms with van der Waals surface area (Å²) >= 11 is 0. The number of aromatic nitrogens is 2. The molecule has 2 N–H and O–H groups in total. The van der Waals surface area contributed by atoms with Crippen molar-refractivity contribution in [3.8, 4) is 0 Å². The van der Waals surface area contributed by atoms with Crippen LogP contribution in [0.5, 0.6) is 0 Å². The lowest BCUT2D eigenvalue weighted by Gasteiger charge is -1.99. The second kappa shape index (κ2) is 2.50. The molecule has 3 heteroatoms. The minimum atomic E-state index is 0.715. The number of benzene rings is 1. The fourth-order valence-electron chi connectivity index (χ4n) is 2.08. The SMILES string of the molecule is Cn1nc2ccc(N)cc2c1C1CC1. The van der Waals surface area contributed by atoms with Gasteiger partial charge in [0, 0.05) is 29.7 Å². The van der Waals surface area contributed by atoms with Crippen molar-refractivity contribution in [2.45, 2.75) is 18.8 Å². The van der Waals surface area contributed by atoms with Gasteiger partial charge >= 0.3 is 0 Å². The van der Waals surface area contributed by atoms with E-state index >= 15 is 0 Å². The molecule has 0 bridgehead atoms. The van der Waals surface area contributed by atoms with Crippen molar-refractivity contribution in [3.05, 3.63) is 23.9 Å². The van der Waals surface area contributed by atoms with Crippen LogP contribution in [0, 0.1) is 0 Å². The predicted octanol–water partition coefficient (Wildman–Crippen LogP) is 2.03. The third-order valence-electron chi connectivity index (χ3n) is 2.87. The smallest absolute Gasteiger partial charge is 0.0927 e. The fourth-order valence-corrected chi connectivity index (χ4v) is 2.08. The van der Waals surface area contributed by atoms with Gasteiger partial charge in [0.25, 0.3) is 0 Å². The van der Waals surface area contributed by atoms with E-state index in [4.69, 9.17) is 5.73 Å². The molecule has 1 fully saturated rings. The molecule has 1 aromatic heterocycles. The molecule has 72 valence electrons. The van der Waals surface area contributed by atoms with Crippen LogP contribution < -0.4 is 5.73 Å². The maximum absolute atomic E-state index is 5.79. The van der Waals surface area contributed by atoms with Gasteiger partial charge in [0.05, 0.1) is 5.52 Å². The summed E-state index contributed by atoms with van der Waals surface area (Å²) in [7, 11) is 2.02. The highest BCUT2D eigenvalue weighted by Gasteiger charge is 2.28. The van der Waals surface area contributed by atoms with Crippen molar-refractivity contribution in [1.29, 1.82) is 0 Å². The van der Waals surface area contributed by atoms with Gasteiger partial charge in [-0.3, -0.25) is 4.68 Å². The number of anilines is 1. The average molecular weight is 187 g/mol. The summed E-state index contributed by atoms with van der Waals surface area (Å²) in [5.41, 5.74) is 9.02. The van der Waals surface area contributed by atoms with Crippen LogP contribution in [0.15, 0.2) is 18.2 Å². The van der Waals surface area contributed by atoms with Crippen LogP contribution in [-0.2, 0) is 7.05 Å². The molecule has 3 nitrogen and oxygen atoms in total. The summed E-state index contributed by atoms with van der Waals surface area (Å²) in [6, 6.07) is 5.94. The third kappa shape index (κ3) is 1.02. The molecule has 0 atom stereocenters. The second-order valence-electron chi connectivity index (χ2n) is 4.06. The van der Waals surface area contributed by atoms with Gasteiger partial charge in [-0.15, -0.1) is 0 Å². The van der Waals surface area contributed by atoms with E-state index in [1.54, 1.807) is 0 Å². The maximum atomic E-state index is 5.79. The van der Waals surface area contributed by atoms with Gasteiger partial charge < -0.3 is 5.73 Å². The van der Waals surface area contributed by atoms with Gasteiger partial charge in [0.2, 0.25) is 0 Å². The molecule has 3 rings (SSSR count). The minimum absolute atomic E-state index is 0.715. The number of nitrogens with zero attached hydrogens (tertiary/aromatic N) is 2. The van der Waals surface area contributed by atoms with E-state index in [2.05, 4.69) is 5.10 Å². The molecule has 0 aliphatic heterocycles. The highest BCUT2D eigenvalue weighted by molar-refractivity contribution is 5.85. The van der Waals surface area contributed by atoms with E-state index in [1.165, 1.54) is 23.9 Å². The number of hydrogen-bond acceptors (Lipinski definition) is 2. The van der Waals surface area contributed by atoms with E-state index in [1.807, 2.05) is 29.9 Å². The van der Waals surface area contributed by atoms with Crippen LogP contribution in [0.1, 0.15) is 24.5 Å². The summed E-state index contributed by atoms with van der Waals surface area (Å²) in [6.07, 6.45) is 2.59. The first-order valence-corrected chi connectivity index (χ1v) is 4.98. The van der Waals surface area contributed by atoms with Gasteiger partial charge in [0.1, 0.15) is 0 Å². The zero-order chi connectivity index (χ0) is 9.71. The molecule has 14 heavy (non-hydrogen) atoms. The summed E-state index contributed by atoms with van der Waals surface area (Å²) in [4.78, 5) is 0. The Morgan fingerprint density at radius 2 is 2.21 bits per heavy atom. The number of nitrogen functional groups attached to an aromatic ring is 1. The number of aryl methyl sites for hydroxylation is 1. The lowest BCUT2D eigenvalue weighted by Crippen LogP contribution is -1.95. The Hall–Kier alpha value is -1.51. The lowest BCUT2D eigenvalue weighted by molar-refractivity contribution is 0.723. The first-order valence-electron chi connectivity index (χ1n) is 4.98. The normalized spacial score (nSPS) is 16.4. The Kier molecular flexibility index (Phi) is 1.40. The molecule has 0 spiro atoms. The Bertz CT molecular complexity index is 494. The zero-order valence-corrected chi connectivity index (χ0v) is 8.20. The number of hydrogen-bond donors (Lipinski definition) is 1. The molecule has 0 saturated heterocycles.